The Morgan fingerprint density at radius 1 is 1.12 bits per heavy atom. The lowest BCUT2D eigenvalue weighted by atomic mass is 9.82. The van der Waals surface area contributed by atoms with Crippen molar-refractivity contribution < 1.29 is 19.0 Å². The SMILES string of the molecule is Cc1cnc(NC2CCC(N[C@@H](C)COCc3nnn([C@H](OC(=O)C(C)(C)C)C(C)C)n3)CC2)cc1-c1cccc(NCC2(C#N)CCOCC2)n1. The van der Waals surface area contributed by atoms with Gasteiger partial charge in [-0.2, -0.15) is 5.26 Å². The van der Waals surface area contributed by atoms with Gasteiger partial charge in [0.05, 0.1) is 29.2 Å². The summed E-state index contributed by atoms with van der Waals surface area (Å²) in [4.78, 5) is 23.4. The number of aromatic nitrogens is 6. The molecule has 282 valence electrons. The highest BCUT2D eigenvalue weighted by molar-refractivity contribution is 5.75. The van der Waals surface area contributed by atoms with Gasteiger partial charge in [0.25, 0.3) is 0 Å². The van der Waals surface area contributed by atoms with Gasteiger partial charge in [-0.3, -0.25) is 4.79 Å². The summed E-state index contributed by atoms with van der Waals surface area (Å²) in [7, 11) is 0. The maximum absolute atomic E-state index is 12.5. The zero-order valence-electron chi connectivity index (χ0n) is 31.8. The van der Waals surface area contributed by atoms with E-state index in [4.69, 9.17) is 24.2 Å². The number of carbonyl (C=O) groups is 1. The molecule has 0 unspecified atom stereocenters. The minimum atomic E-state index is -0.634. The van der Waals surface area contributed by atoms with Crippen molar-refractivity contribution in [2.24, 2.45) is 16.7 Å². The van der Waals surface area contributed by atoms with Gasteiger partial charge in [0, 0.05) is 55.6 Å². The highest BCUT2D eigenvalue weighted by atomic mass is 16.6. The van der Waals surface area contributed by atoms with Crippen LogP contribution < -0.4 is 16.0 Å². The van der Waals surface area contributed by atoms with Gasteiger partial charge in [-0.05, 0) is 102 Å². The van der Waals surface area contributed by atoms with E-state index in [9.17, 15) is 10.1 Å². The molecule has 0 aromatic carbocycles. The number of nitrogens with one attached hydrogen (secondary N) is 3. The van der Waals surface area contributed by atoms with Crippen LogP contribution in [0.15, 0.2) is 30.5 Å². The molecule has 3 aromatic rings. The molecule has 3 N–H and O–H groups in total. The third kappa shape index (κ3) is 10.7. The fourth-order valence-corrected chi connectivity index (χ4v) is 6.46. The Kier molecular flexibility index (Phi) is 13.2. The predicted octanol–water partition coefficient (Wildman–Crippen LogP) is 5.83. The number of tetrazole rings is 1. The van der Waals surface area contributed by atoms with Gasteiger partial charge in [-0.25, -0.2) is 9.97 Å². The van der Waals surface area contributed by atoms with E-state index < -0.39 is 17.1 Å². The average molecular weight is 717 g/mol. The maximum Gasteiger partial charge on any atom is 0.313 e. The normalized spacial score (nSPS) is 20.1. The summed E-state index contributed by atoms with van der Waals surface area (Å²) in [6, 6.07) is 11.5. The van der Waals surface area contributed by atoms with Crippen LogP contribution in [0, 0.1) is 35.0 Å². The first kappa shape index (κ1) is 39.0. The average Bonchev–Trinajstić information content (AvgIpc) is 3.59. The van der Waals surface area contributed by atoms with Gasteiger partial charge in [0.2, 0.25) is 12.1 Å². The first-order valence-electron chi connectivity index (χ1n) is 18.6. The van der Waals surface area contributed by atoms with Gasteiger partial charge < -0.3 is 30.2 Å². The minimum Gasteiger partial charge on any atom is -0.437 e. The van der Waals surface area contributed by atoms with Gasteiger partial charge in [0.15, 0.2) is 0 Å². The lowest BCUT2D eigenvalue weighted by molar-refractivity contribution is -0.169. The van der Waals surface area contributed by atoms with Crippen molar-refractivity contribution in [3.63, 3.8) is 0 Å². The third-order valence-electron chi connectivity index (χ3n) is 9.73. The molecule has 0 spiro atoms. The van der Waals surface area contributed by atoms with Crippen LogP contribution in [0.2, 0.25) is 0 Å². The van der Waals surface area contributed by atoms with Gasteiger partial charge in [-0.15, -0.1) is 15.0 Å². The van der Waals surface area contributed by atoms with Crippen molar-refractivity contribution in [3.8, 4) is 17.3 Å². The number of hydrogen-bond donors (Lipinski definition) is 3. The Balaban J connectivity index is 1.05. The quantitative estimate of drug-likeness (QED) is 0.160. The number of hydrogen-bond acceptors (Lipinski definition) is 13. The van der Waals surface area contributed by atoms with Gasteiger partial charge in [-0.1, -0.05) is 19.9 Å². The number of ether oxygens (including phenoxy) is 3. The van der Waals surface area contributed by atoms with E-state index in [2.05, 4.69) is 57.3 Å². The molecule has 1 aliphatic heterocycles. The van der Waals surface area contributed by atoms with Crippen molar-refractivity contribution in [1.29, 1.82) is 5.26 Å². The molecule has 1 saturated carbocycles. The zero-order chi connectivity index (χ0) is 37.3. The number of nitriles is 1. The van der Waals surface area contributed by atoms with E-state index in [1.807, 2.05) is 59.0 Å². The fraction of sp³-hybridized carbons (Fsp3) is 0.658. The topological polar surface area (TPSA) is 174 Å². The molecule has 3 aromatic heterocycles. The van der Waals surface area contributed by atoms with E-state index in [1.54, 1.807) is 0 Å². The Hall–Kier alpha value is -4.19. The Labute approximate surface area is 307 Å². The van der Waals surface area contributed by atoms with E-state index in [0.29, 0.717) is 44.3 Å². The summed E-state index contributed by atoms with van der Waals surface area (Å²) in [6.45, 7) is 16.0. The molecular weight excluding hydrogens is 660 g/mol. The van der Waals surface area contributed by atoms with Crippen LogP contribution in [0.25, 0.3) is 11.3 Å². The van der Waals surface area contributed by atoms with E-state index in [0.717, 1.165) is 67.0 Å². The molecule has 52 heavy (non-hydrogen) atoms. The molecule has 14 heteroatoms. The molecule has 2 atom stereocenters. The standard InChI is InChI=1S/C38H56N10O4/c1-25(2)35(52-36(49)37(5,6)7)48-46-34(45-47-48)22-51-21-27(4)42-28-11-13-29(14-12-28)43-33-19-30(26(3)20-40-33)31-9-8-10-32(44-31)41-24-38(23-39)15-17-50-18-16-38/h8-10,19-20,25,27-29,35,42H,11-18,21-22,24H2,1-7H3,(H,40,43)(H,41,44)/t27-,28?,29?,35+/m0/s1. The van der Waals surface area contributed by atoms with Crippen molar-refractivity contribution in [2.75, 3.05) is 37.0 Å². The highest BCUT2D eigenvalue weighted by Gasteiger charge is 2.33. The summed E-state index contributed by atoms with van der Waals surface area (Å²) in [6.07, 6.45) is 6.88. The largest absolute Gasteiger partial charge is 0.437 e. The minimum absolute atomic E-state index is 0.0229. The van der Waals surface area contributed by atoms with E-state index in [-0.39, 0.29) is 24.5 Å². The molecular formula is C38H56N10O4. The molecule has 1 aliphatic carbocycles. The molecule has 1 saturated heterocycles. The summed E-state index contributed by atoms with van der Waals surface area (Å²) >= 11 is 0. The Morgan fingerprint density at radius 3 is 2.54 bits per heavy atom. The second-order valence-corrected chi connectivity index (χ2v) is 15.7. The lowest BCUT2D eigenvalue weighted by Gasteiger charge is -2.32. The van der Waals surface area contributed by atoms with Crippen molar-refractivity contribution in [2.45, 2.75) is 118 Å². The first-order valence-corrected chi connectivity index (χ1v) is 18.6. The van der Waals surface area contributed by atoms with Crippen LogP contribution in [0.1, 0.15) is 97.7 Å². The van der Waals surface area contributed by atoms with Crippen LogP contribution in [-0.2, 0) is 25.6 Å². The second kappa shape index (κ2) is 17.6. The number of esters is 1. The van der Waals surface area contributed by atoms with Gasteiger partial charge >= 0.3 is 5.97 Å². The number of rotatable bonds is 15. The van der Waals surface area contributed by atoms with Crippen LogP contribution in [0.5, 0.6) is 0 Å². The Bertz CT molecular complexity index is 1650. The van der Waals surface area contributed by atoms with Crippen molar-refractivity contribution in [1.82, 2.24) is 35.5 Å². The summed E-state index contributed by atoms with van der Waals surface area (Å²) in [5.74, 6) is 1.72. The molecule has 0 bridgehead atoms. The second-order valence-electron chi connectivity index (χ2n) is 15.7. The fourth-order valence-electron chi connectivity index (χ4n) is 6.46. The zero-order valence-corrected chi connectivity index (χ0v) is 31.8. The summed E-state index contributed by atoms with van der Waals surface area (Å²) in [5, 5.41) is 33.3. The third-order valence-corrected chi connectivity index (χ3v) is 9.73. The van der Waals surface area contributed by atoms with Crippen LogP contribution >= 0.6 is 0 Å². The molecule has 14 nitrogen and oxygen atoms in total. The van der Waals surface area contributed by atoms with Crippen LogP contribution in [0.3, 0.4) is 0 Å². The first-order chi connectivity index (χ1) is 24.8. The lowest BCUT2D eigenvalue weighted by Crippen LogP contribution is -2.43. The molecule has 2 fully saturated rings. The number of pyridine rings is 2. The van der Waals surface area contributed by atoms with E-state index >= 15 is 0 Å². The highest BCUT2D eigenvalue weighted by Crippen LogP contribution is 2.31. The maximum atomic E-state index is 12.5. The molecule has 0 radical (unpaired) electrons. The summed E-state index contributed by atoms with van der Waals surface area (Å²) in [5.41, 5.74) is 1.91. The van der Waals surface area contributed by atoms with Crippen LogP contribution in [0.4, 0.5) is 11.6 Å². The predicted molar refractivity (Wildman–Crippen MR) is 198 cm³/mol. The smallest absolute Gasteiger partial charge is 0.313 e. The molecule has 5 rings (SSSR count). The number of aryl methyl sites for hydroxylation is 1. The number of anilines is 2. The van der Waals surface area contributed by atoms with Crippen molar-refractivity contribution >= 4 is 17.6 Å². The molecule has 0 amide bonds. The van der Waals surface area contributed by atoms with Crippen LogP contribution in [-0.4, -0.2) is 80.6 Å². The van der Waals surface area contributed by atoms with Crippen molar-refractivity contribution in [3.05, 3.63) is 41.9 Å². The molecule has 2 aliphatic rings. The number of carbonyl (C=O) groups excluding carboxylic acids is 1. The monoisotopic (exact) mass is 716 g/mol. The molecule has 4 heterocycles. The summed E-state index contributed by atoms with van der Waals surface area (Å²) < 4.78 is 17.1. The van der Waals surface area contributed by atoms with Gasteiger partial charge in [0.1, 0.15) is 18.2 Å². The van der Waals surface area contributed by atoms with E-state index in [1.165, 1.54) is 4.80 Å². The Morgan fingerprint density at radius 2 is 1.85 bits per heavy atom. The number of nitrogens with zero attached hydrogens (tertiary/aromatic N) is 7.